The van der Waals surface area contributed by atoms with E-state index in [1.807, 2.05) is 29.2 Å². The molecule has 1 N–H and O–H groups in total. The molecule has 132 valence electrons. The van der Waals surface area contributed by atoms with E-state index in [0.29, 0.717) is 19.6 Å². The van der Waals surface area contributed by atoms with E-state index in [1.165, 1.54) is 12.1 Å². The fraction of sp³-hybridized carbons (Fsp3) is 0.316. The van der Waals surface area contributed by atoms with Gasteiger partial charge in [0, 0.05) is 44.3 Å². The molecule has 0 saturated carbocycles. The highest BCUT2D eigenvalue weighted by molar-refractivity contribution is 6.31. The second-order valence-electron chi connectivity index (χ2n) is 6.14. The van der Waals surface area contributed by atoms with Gasteiger partial charge in [0.05, 0.1) is 0 Å². The maximum atomic E-state index is 12.9. The average Bonchev–Trinajstić information content (AvgIpc) is 2.63. The highest BCUT2D eigenvalue weighted by atomic mass is 35.5. The molecule has 1 aliphatic rings. The molecule has 2 aromatic carbocycles. The predicted molar refractivity (Wildman–Crippen MR) is 96.9 cm³/mol. The van der Waals surface area contributed by atoms with Gasteiger partial charge in [-0.3, -0.25) is 4.90 Å². The van der Waals surface area contributed by atoms with Crippen LogP contribution >= 0.6 is 11.6 Å². The van der Waals surface area contributed by atoms with Gasteiger partial charge in [-0.2, -0.15) is 0 Å². The number of halogens is 2. The molecule has 0 spiro atoms. The lowest BCUT2D eigenvalue weighted by atomic mass is 10.2. The van der Waals surface area contributed by atoms with Gasteiger partial charge in [0.2, 0.25) is 0 Å². The molecule has 0 unspecified atom stereocenters. The second-order valence-corrected chi connectivity index (χ2v) is 6.55. The van der Waals surface area contributed by atoms with Gasteiger partial charge in [-0.15, -0.1) is 0 Å². The SMILES string of the molecule is O=C(NCc1ccc(F)cc1)N1CCN(Cc2ccccc2Cl)CC1. The van der Waals surface area contributed by atoms with E-state index in [2.05, 4.69) is 10.2 Å². The Morgan fingerprint density at radius 1 is 1.04 bits per heavy atom. The van der Waals surface area contributed by atoms with Gasteiger partial charge in [-0.25, -0.2) is 9.18 Å². The van der Waals surface area contributed by atoms with E-state index < -0.39 is 0 Å². The first kappa shape index (κ1) is 17.7. The zero-order valence-electron chi connectivity index (χ0n) is 13.9. The number of nitrogens with one attached hydrogen (secondary N) is 1. The maximum Gasteiger partial charge on any atom is 0.317 e. The van der Waals surface area contributed by atoms with Crippen molar-refractivity contribution in [1.29, 1.82) is 0 Å². The van der Waals surface area contributed by atoms with E-state index in [9.17, 15) is 9.18 Å². The Bertz CT molecular complexity index is 715. The maximum absolute atomic E-state index is 12.9. The predicted octanol–water partition coefficient (Wildman–Crippen LogP) is 3.51. The Labute approximate surface area is 152 Å². The molecule has 4 nitrogen and oxygen atoms in total. The van der Waals surface area contributed by atoms with Crippen LogP contribution in [0.3, 0.4) is 0 Å². The van der Waals surface area contributed by atoms with Gasteiger partial charge in [0.25, 0.3) is 0 Å². The van der Waals surface area contributed by atoms with Crippen LogP contribution in [0.25, 0.3) is 0 Å². The van der Waals surface area contributed by atoms with E-state index in [4.69, 9.17) is 11.6 Å². The first-order chi connectivity index (χ1) is 12.1. The van der Waals surface area contributed by atoms with Crippen LogP contribution in [0.4, 0.5) is 9.18 Å². The third-order valence-corrected chi connectivity index (χ3v) is 4.74. The number of carbonyl (C=O) groups excluding carboxylic acids is 1. The van der Waals surface area contributed by atoms with Crippen molar-refractivity contribution < 1.29 is 9.18 Å². The summed E-state index contributed by atoms with van der Waals surface area (Å²) >= 11 is 6.21. The van der Waals surface area contributed by atoms with Gasteiger partial charge < -0.3 is 10.2 Å². The average molecular weight is 362 g/mol. The Hall–Kier alpha value is -2.11. The molecule has 0 atom stereocenters. The Morgan fingerprint density at radius 2 is 1.72 bits per heavy atom. The second kappa shape index (κ2) is 8.32. The largest absolute Gasteiger partial charge is 0.334 e. The molecule has 1 aliphatic heterocycles. The van der Waals surface area contributed by atoms with Crippen LogP contribution in [0.5, 0.6) is 0 Å². The number of hydrogen-bond acceptors (Lipinski definition) is 2. The minimum Gasteiger partial charge on any atom is -0.334 e. The number of hydrogen-bond donors (Lipinski definition) is 1. The normalized spacial score (nSPS) is 15.2. The molecule has 0 aromatic heterocycles. The van der Waals surface area contributed by atoms with Crippen LogP contribution in [-0.2, 0) is 13.1 Å². The molecule has 1 saturated heterocycles. The highest BCUT2D eigenvalue weighted by Gasteiger charge is 2.21. The lowest BCUT2D eigenvalue weighted by Crippen LogP contribution is -2.51. The topological polar surface area (TPSA) is 35.6 Å². The Kier molecular flexibility index (Phi) is 5.89. The summed E-state index contributed by atoms with van der Waals surface area (Å²) in [7, 11) is 0. The van der Waals surface area contributed by atoms with Crippen molar-refractivity contribution in [2.45, 2.75) is 13.1 Å². The number of amides is 2. The van der Waals surface area contributed by atoms with Crippen molar-refractivity contribution in [3.8, 4) is 0 Å². The summed E-state index contributed by atoms with van der Waals surface area (Å²) in [5, 5.41) is 3.67. The van der Waals surface area contributed by atoms with Crippen molar-refractivity contribution in [2.75, 3.05) is 26.2 Å². The van der Waals surface area contributed by atoms with Crippen LogP contribution in [0.2, 0.25) is 5.02 Å². The van der Waals surface area contributed by atoms with Crippen LogP contribution in [0.1, 0.15) is 11.1 Å². The summed E-state index contributed by atoms with van der Waals surface area (Å²) < 4.78 is 12.9. The number of nitrogens with zero attached hydrogens (tertiary/aromatic N) is 2. The van der Waals surface area contributed by atoms with Crippen molar-refractivity contribution >= 4 is 17.6 Å². The van der Waals surface area contributed by atoms with Crippen LogP contribution in [0.15, 0.2) is 48.5 Å². The zero-order chi connectivity index (χ0) is 17.6. The minimum atomic E-state index is -0.273. The Morgan fingerprint density at radius 3 is 2.40 bits per heavy atom. The van der Waals surface area contributed by atoms with Crippen LogP contribution < -0.4 is 5.32 Å². The van der Waals surface area contributed by atoms with E-state index in [0.717, 1.165) is 35.8 Å². The molecule has 2 amide bonds. The molecule has 0 bridgehead atoms. The number of piperazine rings is 1. The number of benzene rings is 2. The van der Waals surface area contributed by atoms with Crippen molar-refractivity contribution in [1.82, 2.24) is 15.1 Å². The summed E-state index contributed by atoms with van der Waals surface area (Å²) in [5.74, 6) is -0.273. The molecule has 1 fully saturated rings. The third-order valence-electron chi connectivity index (χ3n) is 4.37. The van der Waals surface area contributed by atoms with Gasteiger partial charge in [0.1, 0.15) is 5.82 Å². The summed E-state index contributed by atoms with van der Waals surface area (Å²) in [4.78, 5) is 16.4. The Balaban J connectivity index is 1.44. The van der Waals surface area contributed by atoms with Crippen molar-refractivity contribution in [3.63, 3.8) is 0 Å². The molecule has 0 radical (unpaired) electrons. The number of urea groups is 1. The van der Waals surface area contributed by atoms with E-state index >= 15 is 0 Å². The smallest absolute Gasteiger partial charge is 0.317 e. The zero-order valence-corrected chi connectivity index (χ0v) is 14.7. The molecule has 2 aromatic rings. The summed E-state index contributed by atoms with van der Waals surface area (Å²) in [6, 6.07) is 13.9. The van der Waals surface area contributed by atoms with Crippen LogP contribution in [-0.4, -0.2) is 42.0 Å². The van der Waals surface area contributed by atoms with Crippen molar-refractivity contribution in [3.05, 3.63) is 70.5 Å². The molecule has 6 heteroatoms. The molecular formula is C19H21ClFN3O. The summed E-state index contributed by atoms with van der Waals surface area (Å²) in [6.07, 6.45) is 0. The monoisotopic (exact) mass is 361 g/mol. The first-order valence-electron chi connectivity index (χ1n) is 8.35. The van der Waals surface area contributed by atoms with E-state index in [-0.39, 0.29) is 11.8 Å². The first-order valence-corrected chi connectivity index (χ1v) is 8.72. The summed E-state index contributed by atoms with van der Waals surface area (Å²) in [6.45, 7) is 4.19. The third kappa shape index (κ3) is 4.94. The molecule has 25 heavy (non-hydrogen) atoms. The van der Waals surface area contributed by atoms with Gasteiger partial charge in [-0.1, -0.05) is 41.9 Å². The van der Waals surface area contributed by atoms with Crippen LogP contribution in [0, 0.1) is 5.82 Å². The standard InChI is InChI=1S/C19H21ClFN3O/c20-18-4-2-1-3-16(18)14-23-9-11-24(12-10-23)19(25)22-13-15-5-7-17(21)8-6-15/h1-8H,9-14H2,(H,22,25). The fourth-order valence-corrected chi connectivity index (χ4v) is 3.06. The van der Waals surface area contributed by atoms with Crippen molar-refractivity contribution in [2.24, 2.45) is 0 Å². The van der Waals surface area contributed by atoms with E-state index in [1.54, 1.807) is 12.1 Å². The number of rotatable bonds is 4. The molecular weight excluding hydrogens is 341 g/mol. The van der Waals surface area contributed by atoms with Gasteiger partial charge in [0.15, 0.2) is 0 Å². The lowest BCUT2D eigenvalue weighted by molar-refractivity contribution is 0.135. The quantitative estimate of drug-likeness (QED) is 0.904. The van der Waals surface area contributed by atoms with Gasteiger partial charge in [-0.05, 0) is 29.3 Å². The van der Waals surface area contributed by atoms with Gasteiger partial charge >= 0.3 is 6.03 Å². The minimum absolute atomic E-state index is 0.0817. The molecule has 0 aliphatic carbocycles. The summed E-state index contributed by atoms with van der Waals surface area (Å²) in [5.41, 5.74) is 1.99. The highest BCUT2D eigenvalue weighted by Crippen LogP contribution is 2.18. The molecule has 1 heterocycles. The fourth-order valence-electron chi connectivity index (χ4n) is 2.87. The lowest BCUT2D eigenvalue weighted by Gasteiger charge is -2.34. The molecule has 3 rings (SSSR count). The number of carbonyl (C=O) groups is 1.